The van der Waals surface area contributed by atoms with Gasteiger partial charge in [-0.25, -0.2) is 8.42 Å². The predicted octanol–water partition coefficient (Wildman–Crippen LogP) is 3.35. The summed E-state index contributed by atoms with van der Waals surface area (Å²) < 4.78 is 28.1. The van der Waals surface area contributed by atoms with Gasteiger partial charge in [-0.05, 0) is 43.7 Å². The first-order chi connectivity index (χ1) is 16.2. The number of sulfonamides is 1. The molecule has 3 rings (SSSR count). The van der Waals surface area contributed by atoms with E-state index in [1.165, 1.54) is 24.1 Å². The van der Waals surface area contributed by atoms with Crippen molar-refractivity contribution in [3.8, 4) is 0 Å². The van der Waals surface area contributed by atoms with E-state index in [1.807, 2.05) is 31.2 Å². The van der Waals surface area contributed by atoms with Crippen LogP contribution in [0, 0.1) is 6.92 Å². The van der Waals surface area contributed by atoms with Gasteiger partial charge in [-0.2, -0.15) is 0 Å². The monoisotopic (exact) mass is 479 g/mol. The van der Waals surface area contributed by atoms with E-state index in [2.05, 4.69) is 5.32 Å². The summed E-state index contributed by atoms with van der Waals surface area (Å²) in [5, 5.41) is 2.57. The number of hydrogen-bond acceptors (Lipinski definition) is 4. The zero-order valence-corrected chi connectivity index (χ0v) is 20.3. The number of para-hydroxylation sites is 1. The molecule has 1 atom stereocenters. The molecule has 0 fully saturated rings. The highest BCUT2D eigenvalue weighted by atomic mass is 32.2. The molecule has 0 heterocycles. The Morgan fingerprint density at radius 3 is 2.00 bits per heavy atom. The Labute approximate surface area is 201 Å². The number of hydrogen-bond donors (Lipinski definition) is 1. The van der Waals surface area contributed by atoms with E-state index in [9.17, 15) is 18.0 Å². The van der Waals surface area contributed by atoms with Crippen LogP contribution in [0.15, 0.2) is 89.8 Å². The van der Waals surface area contributed by atoms with Crippen LogP contribution in [-0.4, -0.2) is 44.8 Å². The Hall–Kier alpha value is -3.65. The van der Waals surface area contributed by atoms with Crippen molar-refractivity contribution in [3.63, 3.8) is 0 Å². The van der Waals surface area contributed by atoms with E-state index < -0.39 is 28.5 Å². The molecule has 178 valence electrons. The molecule has 7 nitrogen and oxygen atoms in total. The van der Waals surface area contributed by atoms with Crippen LogP contribution in [0.2, 0.25) is 0 Å². The van der Waals surface area contributed by atoms with Gasteiger partial charge in [-0.15, -0.1) is 0 Å². The zero-order chi connectivity index (χ0) is 24.7. The number of nitrogens with zero attached hydrogens (tertiary/aromatic N) is 2. The quantitative estimate of drug-likeness (QED) is 0.510. The molecular formula is C26H29N3O4S. The van der Waals surface area contributed by atoms with Crippen molar-refractivity contribution in [2.45, 2.75) is 31.3 Å². The van der Waals surface area contributed by atoms with Crippen LogP contribution in [0.5, 0.6) is 0 Å². The van der Waals surface area contributed by atoms with Gasteiger partial charge in [0.05, 0.1) is 10.6 Å². The van der Waals surface area contributed by atoms with Gasteiger partial charge in [0.25, 0.3) is 10.0 Å². The highest BCUT2D eigenvalue weighted by Crippen LogP contribution is 2.24. The Kier molecular flexibility index (Phi) is 8.07. The third-order valence-corrected chi connectivity index (χ3v) is 7.33. The highest BCUT2D eigenvalue weighted by molar-refractivity contribution is 7.92. The first-order valence-corrected chi connectivity index (χ1v) is 12.4. The Balaban J connectivity index is 1.98. The molecule has 0 aliphatic rings. The Morgan fingerprint density at radius 2 is 1.44 bits per heavy atom. The van der Waals surface area contributed by atoms with Crippen molar-refractivity contribution in [2.24, 2.45) is 0 Å². The lowest BCUT2D eigenvalue weighted by atomic mass is 10.1. The van der Waals surface area contributed by atoms with Gasteiger partial charge in [0.2, 0.25) is 11.8 Å². The zero-order valence-electron chi connectivity index (χ0n) is 19.5. The van der Waals surface area contributed by atoms with E-state index in [4.69, 9.17) is 0 Å². The van der Waals surface area contributed by atoms with Gasteiger partial charge >= 0.3 is 0 Å². The third-order valence-electron chi connectivity index (χ3n) is 5.54. The molecule has 3 aromatic rings. The van der Waals surface area contributed by atoms with E-state index in [1.54, 1.807) is 55.5 Å². The number of carbonyl (C=O) groups excluding carboxylic acids is 2. The largest absolute Gasteiger partial charge is 0.357 e. The molecule has 2 amide bonds. The van der Waals surface area contributed by atoms with E-state index in [0.717, 1.165) is 15.4 Å². The molecule has 0 spiro atoms. The van der Waals surface area contributed by atoms with Gasteiger partial charge in [0.1, 0.15) is 12.6 Å². The van der Waals surface area contributed by atoms with Crippen molar-refractivity contribution in [1.29, 1.82) is 0 Å². The number of amides is 2. The van der Waals surface area contributed by atoms with Crippen LogP contribution in [0.3, 0.4) is 0 Å². The van der Waals surface area contributed by atoms with Gasteiger partial charge in [-0.3, -0.25) is 13.9 Å². The Morgan fingerprint density at radius 1 is 0.882 bits per heavy atom. The lowest BCUT2D eigenvalue weighted by Crippen LogP contribution is -2.50. The average molecular weight is 480 g/mol. The second kappa shape index (κ2) is 11.0. The van der Waals surface area contributed by atoms with Crippen LogP contribution in [0.25, 0.3) is 0 Å². The maximum atomic E-state index is 13.6. The van der Waals surface area contributed by atoms with Crippen LogP contribution in [0.4, 0.5) is 5.69 Å². The molecule has 0 aliphatic carbocycles. The number of rotatable bonds is 9. The SMILES string of the molecule is CNC(=O)[C@@H](C)N(Cc1ccc(C)cc1)C(=O)CN(c1ccccc1)S(=O)(=O)c1ccccc1. The fraction of sp³-hybridized carbons (Fsp3) is 0.231. The molecule has 0 radical (unpaired) electrons. The average Bonchev–Trinajstić information content (AvgIpc) is 2.86. The normalized spacial score (nSPS) is 12.0. The summed E-state index contributed by atoms with van der Waals surface area (Å²) in [4.78, 5) is 27.5. The van der Waals surface area contributed by atoms with Gasteiger partial charge in [-0.1, -0.05) is 66.2 Å². The molecule has 0 saturated heterocycles. The summed E-state index contributed by atoms with van der Waals surface area (Å²) in [6, 6.07) is 23.3. The van der Waals surface area contributed by atoms with Crippen molar-refractivity contribution in [3.05, 3.63) is 96.1 Å². The van der Waals surface area contributed by atoms with Gasteiger partial charge < -0.3 is 10.2 Å². The molecule has 3 aromatic carbocycles. The number of anilines is 1. The summed E-state index contributed by atoms with van der Waals surface area (Å²) in [7, 11) is -2.52. The van der Waals surface area contributed by atoms with E-state index in [-0.39, 0.29) is 17.3 Å². The molecule has 0 saturated carbocycles. The fourth-order valence-corrected chi connectivity index (χ4v) is 4.96. The molecule has 0 aliphatic heterocycles. The second-order valence-corrected chi connectivity index (χ2v) is 9.82. The summed E-state index contributed by atoms with van der Waals surface area (Å²) in [6.07, 6.45) is 0. The van der Waals surface area contributed by atoms with Gasteiger partial charge in [0.15, 0.2) is 0 Å². The predicted molar refractivity (Wildman–Crippen MR) is 133 cm³/mol. The maximum absolute atomic E-state index is 13.6. The van der Waals surface area contributed by atoms with Crippen molar-refractivity contribution in [1.82, 2.24) is 10.2 Å². The van der Waals surface area contributed by atoms with Crippen molar-refractivity contribution in [2.75, 3.05) is 17.9 Å². The third kappa shape index (κ3) is 5.82. The van der Waals surface area contributed by atoms with Crippen molar-refractivity contribution >= 4 is 27.5 Å². The minimum atomic E-state index is -4.03. The Bertz CT molecular complexity index is 1210. The molecule has 0 aromatic heterocycles. The first kappa shape index (κ1) is 25.0. The van der Waals surface area contributed by atoms with Crippen LogP contribution in [0.1, 0.15) is 18.1 Å². The number of aryl methyl sites for hydroxylation is 1. The lowest BCUT2D eigenvalue weighted by Gasteiger charge is -2.31. The minimum absolute atomic E-state index is 0.0797. The summed E-state index contributed by atoms with van der Waals surface area (Å²) in [6.45, 7) is 3.31. The van der Waals surface area contributed by atoms with Crippen LogP contribution in [-0.2, 0) is 26.2 Å². The molecule has 34 heavy (non-hydrogen) atoms. The fourth-order valence-electron chi connectivity index (χ4n) is 3.52. The molecule has 0 unspecified atom stereocenters. The number of carbonyl (C=O) groups is 2. The molecule has 8 heteroatoms. The summed E-state index contributed by atoms with van der Waals surface area (Å²) >= 11 is 0. The molecule has 1 N–H and O–H groups in total. The summed E-state index contributed by atoms with van der Waals surface area (Å²) in [5.74, 6) is -0.822. The first-order valence-electron chi connectivity index (χ1n) is 10.9. The van der Waals surface area contributed by atoms with Crippen molar-refractivity contribution < 1.29 is 18.0 Å². The van der Waals surface area contributed by atoms with E-state index in [0.29, 0.717) is 5.69 Å². The lowest BCUT2D eigenvalue weighted by molar-refractivity contribution is -0.139. The second-order valence-electron chi connectivity index (χ2n) is 7.96. The van der Waals surface area contributed by atoms with E-state index >= 15 is 0 Å². The smallest absolute Gasteiger partial charge is 0.264 e. The maximum Gasteiger partial charge on any atom is 0.264 e. The standard InChI is InChI=1S/C26H29N3O4S/c1-20-14-16-22(17-15-20)18-28(21(2)26(31)27-3)25(30)19-29(23-10-6-4-7-11-23)34(32,33)24-12-8-5-9-13-24/h4-17,21H,18-19H2,1-3H3,(H,27,31)/t21-/m1/s1. The highest BCUT2D eigenvalue weighted by Gasteiger charge is 2.32. The number of likely N-dealkylation sites (N-methyl/N-ethyl adjacent to an activating group) is 1. The molecule has 0 bridgehead atoms. The van der Waals surface area contributed by atoms with Crippen LogP contribution < -0.4 is 9.62 Å². The van der Waals surface area contributed by atoms with Gasteiger partial charge in [0, 0.05) is 13.6 Å². The number of benzene rings is 3. The summed E-state index contributed by atoms with van der Waals surface area (Å²) in [5.41, 5.74) is 2.28. The number of nitrogens with one attached hydrogen (secondary N) is 1. The topological polar surface area (TPSA) is 86.8 Å². The van der Waals surface area contributed by atoms with Crippen LogP contribution >= 0.6 is 0 Å². The molecular weight excluding hydrogens is 450 g/mol. The minimum Gasteiger partial charge on any atom is -0.357 e.